The molecule has 0 radical (unpaired) electrons. The third-order valence-electron chi connectivity index (χ3n) is 1.35. The summed E-state index contributed by atoms with van der Waals surface area (Å²) < 4.78 is 6.10. The van der Waals surface area contributed by atoms with Crippen LogP contribution in [0.2, 0.25) is 0 Å². The molecule has 11 heavy (non-hydrogen) atoms. The van der Waals surface area contributed by atoms with Crippen molar-refractivity contribution < 1.29 is 9.84 Å². The molecule has 0 aliphatic heterocycles. The molecule has 1 aromatic carbocycles. The molecule has 0 aliphatic carbocycles. The number of hydrogen-bond acceptors (Lipinski definition) is 2. The van der Waals surface area contributed by atoms with E-state index in [0.717, 1.165) is 14.9 Å². The van der Waals surface area contributed by atoms with Crippen molar-refractivity contribution in [1.82, 2.24) is 0 Å². The Balaban J connectivity index is 3.02. The van der Waals surface area contributed by atoms with E-state index in [2.05, 4.69) is 22.6 Å². The lowest BCUT2D eigenvalue weighted by molar-refractivity contribution is 0.281. The van der Waals surface area contributed by atoms with Gasteiger partial charge in [-0.05, 0) is 46.4 Å². The Hall–Kier alpha value is -0.290. The fourth-order valence-electron chi connectivity index (χ4n) is 0.830. The van der Waals surface area contributed by atoms with Crippen LogP contribution in [-0.2, 0) is 6.61 Å². The summed E-state index contributed by atoms with van der Waals surface area (Å²) in [5, 5.41) is 8.82. The van der Waals surface area contributed by atoms with Crippen LogP contribution in [0.25, 0.3) is 0 Å². The summed E-state index contributed by atoms with van der Waals surface area (Å²) in [5.41, 5.74) is 0.883. The Morgan fingerprint density at radius 2 is 2.18 bits per heavy atom. The summed E-state index contributed by atoms with van der Waals surface area (Å²) in [6.45, 7) is 0.0627. The number of aliphatic hydroxyl groups excluding tert-OH is 1. The highest BCUT2D eigenvalue weighted by molar-refractivity contribution is 14.1. The van der Waals surface area contributed by atoms with Crippen molar-refractivity contribution in [1.29, 1.82) is 0 Å². The SMILES string of the molecule is COc1cc(I)cc(CO)c1. The highest BCUT2D eigenvalue weighted by Crippen LogP contribution is 2.18. The largest absolute Gasteiger partial charge is 0.497 e. The van der Waals surface area contributed by atoms with Gasteiger partial charge < -0.3 is 9.84 Å². The molecule has 1 N–H and O–H groups in total. The topological polar surface area (TPSA) is 29.5 Å². The number of halogens is 1. The number of aliphatic hydroxyl groups is 1. The zero-order chi connectivity index (χ0) is 8.27. The summed E-state index contributed by atoms with van der Waals surface area (Å²) >= 11 is 2.19. The van der Waals surface area contributed by atoms with Gasteiger partial charge in [-0.3, -0.25) is 0 Å². The highest BCUT2D eigenvalue weighted by atomic mass is 127. The van der Waals surface area contributed by atoms with Crippen LogP contribution >= 0.6 is 22.6 Å². The van der Waals surface area contributed by atoms with Gasteiger partial charge in [-0.25, -0.2) is 0 Å². The standard InChI is InChI=1S/C8H9IO2/c1-11-8-3-6(5-10)2-7(9)4-8/h2-4,10H,5H2,1H3. The van der Waals surface area contributed by atoms with Crippen LogP contribution in [0.3, 0.4) is 0 Å². The maximum Gasteiger partial charge on any atom is 0.120 e. The molecule has 0 heterocycles. The number of hydrogen-bond donors (Lipinski definition) is 1. The predicted molar refractivity (Wildman–Crippen MR) is 51.6 cm³/mol. The maximum atomic E-state index is 8.82. The van der Waals surface area contributed by atoms with Crippen LogP contribution in [0.4, 0.5) is 0 Å². The zero-order valence-electron chi connectivity index (χ0n) is 6.17. The first-order valence-electron chi connectivity index (χ1n) is 3.20. The van der Waals surface area contributed by atoms with Gasteiger partial charge >= 0.3 is 0 Å². The van der Waals surface area contributed by atoms with E-state index in [1.165, 1.54) is 0 Å². The lowest BCUT2D eigenvalue weighted by Crippen LogP contribution is -1.88. The van der Waals surface area contributed by atoms with Crippen LogP contribution in [0, 0.1) is 3.57 Å². The van der Waals surface area contributed by atoms with Gasteiger partial charge in [0.1, 0.15) is 5.75 Å². The van der Waals surface area contributed by atoms with E-state index in [4.69, 9.17) is 9.84 Å². The number of rotatable bonds is 2. The maximum absolute atomic E-state index is 8.82. The Labute approximate surface area is 79.3 Å². The first-order chi connectivity index (χ1) is 5.26. The molecule has 3 heteroatoms. The Morgan fingerprint density at radius 3 is 2.73 bits per heavy atom. The number of methoxy groups -OCH3 is 1. The van der Waals surface area contributed by atoms with E-state index >= 15 is 0 Å². The quantitative estimate of drug-likeness (QED) is 0.825. The summed E-state index contributed by atoms with van der Waals surface area (Å²) in [6.07, 6.45) is 0. The molecule has 0 aromatic heterocycles. The van der Waals surface area contributed by atoms with Crippen molar-refractivity contribution in [2.24, 2.45) is 0 Å². The van der Waals surface area contributed by atoms with Gasteiger partial charge in [-0.2, -0.15) is 0 Å². The molecular formula is C8H9IO2. The Kier molecular flexibility index (Phi) is 3.14. The lowest BCUT2D eigenvalue weighted by atomic mass is 10.2. The first kappa shape index (κ1) is 8.80. The smallest absolute Gasteiger partial charge is 0.120 e. The molecule has 0 saturated heterocycles. The summed E-state index contributed by atoms with van der Waals surface area (Å²) in [6, 6.07) is 5.66. The molecule has 0 amide bonds. The van der Waals surface area contributed by atoms with E-state index in [9.17, 15) is 0 Å². The minimum atomic E-state index is 0.0627. The zero-order valence-corrected chi connectivity index (χ0v) is 8.33. The molecule has 1 rings (SSSR count). The van der Waals surface area contributed by atoms with Gasteiger partial charge in [-0.15, -0.1) is 0 Å². The van der Waals surface area contributed by atoms with Crippen LogP contribution in [0.15, 0.2) is 18.2 Å². The van der Waals surface area contributed by atoms with Gasteiger partial charge in [-0.1, -0.05) is 0 Å². The van der Waals surface area contributed by atoms with Crippen molar-refractivity contribution >= 4 is 22.6 Å². The van der Waals surface area contributed by atoms with Gasteiger partial charge in [0, 0.05) is 3.57 Å². The fraction of sp³-hybridized carbons (Fsp3) is 0.250. The lowest BCUT2D eigenvalue weighted by Gasteiger charge is -2.02. The van der Waals surface area contributed by atoms with Crippen molar-refractivity contribution in [3.05, 3.63) is 27.3 Å². The molecular weight excluding hydrogens is 255 g/mol. The minimum Gasteiger partial charge on any atom is -0.497 e. The molecule has 60 valence electrons. The summed E-state index contributed by atoms with van der Waals surface area (Å²) in [5.74, 6) is 0.793. The van der Waals surface area contributed by atoms with Crippen molar-refractivity contribution in [2.45, 2.75) is 6.61 Å². The molecule has 0 aliphatic rings. The molecule has 0 unspecified atom stereocenters. The summed E-state index contributed by atoms with van der Waals surface area (Å²) in [4.78, 5) is 0. The van der Waals surface area contributed by atoms with E-state index in [-0.39, 0.29) is 6.61 Å². The monoisotopic (exact) mass is 264 g/mol. The van der Waals surface area contributed by atoms with Gasteiger partial charge in [0.25, 0.3) is 0 Å². The van der Waals surface area contributed by atoms with Gasteiger partial charge in [0.2, 0.25) is 0 Å². The molecule has 2 nitrogen and oxygen atoms in total. The molecule has 0 saturated carbocycles. The Morgan fingerprint density at radius 1 is 1.45 bits per heavy atom. The number of benzene rings is 1. The van der Waals surface area contributed by atoms with E-state index in [1.807, 2.05) is 18.2 Å². The normalized spacial score (nSPS) is 9.73. The molecule has 0 bridgehead atoms. The van der Waals surface area contributed by atoms with Gasteiger partial charge in [0.05, 0.1) is 13.7 Å². The predicted octanol–water partition coefficient (Wildman–Crippen LogP) is 1.79. The minimum absolute atomic E-state index is 0.0627. The van der Waals surface area contributed by atoms with Crippen LogP contribution < -0.4 is 4.74 Å². The second kappa shape index (κ2) is 3.92. The fourth-order valence-corrected chi connectivity index (χ4v) is 1.54. The van der Waals surface area contributed by atoms with Gasteiger partial charge in [0.15, 0.2) is 0 Å². The van der Waals surface area contributed by atoms with Crippen molar-refractivity contribution in [3.8, 4) is 5.75 Å². The van der Waals surface area contributed by atoms with Crippen LogP contribution in [0.1, 0.15) is 5.56 Å². The Bertz CT molecular complexity index is 226. The third kappa shape index (κ3) is 2.34. The third-order valence-corrected chi connectivity index (χ3v) is 1.97. The molecule has 0 spiro atoms. The average Bonchev–Trinajstić information content (AvgIpc) is 2.03. The second-order valence-electron chi connectivity index (χ2n) is 2.16. The van der Waals surface area contributed by atoms with E-state index in [0.29, 0.717) is 0 Å². The molecule has 0 atom stereocenters. The highest BCUT2D eigenvalue weighted by Gasteiger charge is 1.96. The second-order valence-corrected chi connectivity index (χ2v) is 3.40. The summed E-state index contributed by atoms with van der Waals surface area (Å²) in [7, 11) is 1.62. The number of ether oxygens (including phenoxy) is 1. The van der Waals surface area contributed by atoms with E-state index in [1.54, 1.807) is 7.11 Å². The molecule has 0 fully saturated rings. The average molecular weight is 264 g/mol. The first-order valence-corrected chi connectivity index (χ1v) is 4.28. The van der Waals surface area contributed by atoms with Crippen molar-refractivity contribution in [3.63, 3.8) is 0 Å². The van der Waals surface area contributed by atoms with Crippen molar-refractivity contribution in [2.75, 3.05) is 7.11 Å². The van der Waals surface area contributed by atoms with Crippen LogP contribution in [0.5, 0.6) is 5.75 Å². The van der Waals surface area contributed by atoms with E-state index < -0.39 is 0 Å². The molecule has 1 aromatic rings. The van der Waals surface area contributed by atoms with Crippen LogP contribution in [-0.4, -0.2) is 12.2 Å².